The molecule has 1 atom stereocenters. The Hall–Kier alpha value is -1.87. The maximum Gasteiger partial charge on any atom is 0.0397 e. The Kier molecular flexibility index (Phi) is 3.70. The summed E-state index contributed by atoms with van der Waals surface area (Å²) < 4.78 is 0. The van der Waals surface area contributed by atoms with E-state index in [1.54, 1.807) is 0 Å². The molecule has 0 unspecified atom stereocenters. The number of hydrogen-bond acceptors (Lipinski definition) is 3. The summed E-state index contributed by atoms with van der Waals surface area (Å²) in [5.41, 5.74) is 5.44. The van der Waals surface area contributed by atoms with Gasteiger partial charge in [0, 0.05) is 44.3 Å². The zero-order chi connectivity index (χ0) is 13.9. The van der Waals surface area contributed by atoms with Gasteiger partial charge in [-0.25, -0.2) is 0 Å². The molecule has 3 nitrogen and oxygen atoms in total. The fraction of sp³-hybridized carbons (Fsp3) is 0.353. The van der Waals surface area contributed by atoms with Gasteiger partial charge in [0.05, 0.1) is 0 Å². The number of likely N-dealkylation sites (N-methyl/N-ethyl adjacent to an activating group) is 1. The highest BCUT2D eigenvalue weighted by Gasteiger charge is 2.15. The fourth-order valence-corrected chi connectivity index (χ4v) is 2.75. The Bertz CT molecular complexity index is 580. The molecule has 1 aromatic heterocycles. The van der Waals surface area contributed by atoms with Crippen molar-refractivity contribution < 1.29 is 0 Å². The number of nitrogens with zero attached hydrogens (tertiary/aromatic N) is 2. The van der Waals surface area contributed by atoms with E-state index in [0.717, 1.165) is 19.5 Å². The highest BCUT2D eigenvalue weighted by atomic mass is 15.1. The summed E-state index contributed by atoms with van der Waals surface area (Å²) in [5.74, 6) is 0. The van der Waals surface area contributed by atoms with E-state index in [1.807, 2.05) is 18.5 Å². The molecule has 104 valence electrons. The molecule has 0 amide bonds. The molecule has 2 aromatic rings. The van der Waals surface area contributed by atoms with Gasteiger partial charge < -0.3 is 10.2 Å². The van der Waals surface area contributed by atoms with Crippen LogP contribution in [0.5, 0.6) is 0 Å². The molecule has 3 rings (SSSR count). The highest BCUT2D eigenvalue weighted by molar-refractivity contribution is 5.58. The van der Waals surface area contributed by atoms with Crippen molar-refractivity contribution in [1.82, 2.24) is 10.3 Å². The SMILES string of the molecule is C[C@H](NCc1ccc2c(c1)CCN2C)c1cccnc1. The summed E-state index contributed by atoms with van der Waals surface area (Å²) in [6, 6.07) is 11.2. The molecule has 0 fully saturated rings. The predicted molar refractivity (Wildman–Crippen MR) is 82.9 cm³/mol. The van der Waals surface area contributed by atoms with Gasteiger partial charge >= 0.3 is 0 Å². The molecule has 0 spiro atoms. The van der Waals surface area contributed by atoms with Crippen LogP contribution in [0.3, 0.4) is 0 Å². The molecular formula is C17H21N3. The van der Waals surface area contributed by atoms with Crippen molar-refractivity contribution >= 4 is 5.69 Å². The van der Waals surface area contributed by atoms with Gasteiger partial charge in [-0.05, 0) is 42.2 Å². The number of fused-ring (bicyclic) bond motifs is 1. The van der Waals surface area contributed by atoms with Gasteiger partial charge in [0.1, 0.15) is 0 Å². The first-order valence-electron chi connectivity index (χ1n) is 7.20. The molecule has 2 heterocycles. The van der Waals surface area contributed by atoms with Crippen LogP contribution >= 0.6 is 0 Å². The average molecular weight is 267 g/mol. The van der Waals surface area contributed by atoms with Gasteiger partial charge in [0.25, 0.3) is 0 Å². The standard InChI is InChI=1S/C17H21N3/c1-13(16-4-3-8-18-12-16)19-11-14-5-6-17-15(10-14)7-9-20(17)2/h3-6,8,10,12-13,19H,7,9,11H2,1-2H3/t13-/m0/s1. The minimum absolute atomic E-state index is 0.319. The quantitative estimate of drug-likeness (QED) is 0.923. The molecule has 0 saturated carbocycles. The third-order valence-electron chi connectivity index (χ3n) is 4.07. The lowest BCUT2D eigenvalue weighted by molar-refractivity contribution is 0.573. The van der Waals surface area contributed by atoms with Gasteiger partial charge in [0.15, 0.2) is 0 Å². The summed E-state index contributed by atoms with van der Waals surface area (Å²) in [6.45, 7) is 4.21. The largest absolute Gasteiger partial charge is 0.374 e. The van der Waals surface area contributed by atoms with Gasteiger partial charge in [-0.15, -0.1) is 0 Å². The Morgan fingerprint density at radius 2 is 2.25 bits per heavy atom. The van der Waals surface area contributed by atoms with Crippen molar-refractivity contribution in [2.45, 2.75) is 25.9 Å². The first kappa shape index (κ1) is 13.1. The summed E-state index contributed by atoms with van der Waals surface area (Å²) in [7, 11) is 2.16. The number of aromatic nitrogens is 1. The molecule has 1 aliphatic rings. The highest BCUT2D eigenvalue weighted by Crippen LogP contribution is 2.27. The van der Waals surface area contributed by atoms with Crippen molar-refractivity contribution in [3.63, 3.8) is 0 Å². The van der Waals surface area contributed by atoms with E-state index < -0.39 is 0 Å². The number of pyridine rings is 1. The Morgan fingerprint density at radius 3 is 3.05 bits per heavy atom. The van der Waals surface area contributed by atoms with Crippen LogP contribution in [0.15, 0.2) is 42.7 Å². The Balaban J connectivity index is 1.64. The van der Waals surface area contributed by atoms with Gasteiger partial charge in [0.2, 0.25) is 0 Å². The second-order valence-corrected chi connectivity index (χ2v) is 5.52. The van der Waals surface area contributed by atoms with E-state index in [0.29, 0.717) is 6.04 Å². The third-order valence-corrected chi connectivity index (χ3v) is 4.07. The smallest absolute Gasteiger partial charge is 0.0397 e. The van der Waals surface area contributed by atoms with Crippen LogP contribution in [0.4, 0.5) is 5.69 Å². The summed E-state index contributed by atoms with van der Waals surface area (Å²) in [4.78, 5) is 6.50. The van der Waals surface area contributed by atoms with Crippen molar-refractivity contribution in [2.75, 3.05) is 18.5 Å². The van der Waals surface area contributed by atoms with Crippen LogP contribution in [-0.2, 0) is 13.0 Å². The molecule has 0 aliphatic carbocycles. The molecule has 0 radical (unpaired) electrons. The molecule has 0 saturated heterocycles. The molecule has 20 heavy (non-hydrogen) atoms. The lowest BCUT2D eigenvalue weighted by Gasteiger charge is -2.15. The van der Waals surface area contributed by atoms with E-state index >= 15 is 0 Å². The molecule has 1 N–H and O–H groups in total. The first-order valence-corrected chi connectivity index (χ1v) is 7.20. The summed E-state index contributed by atoms with van der Waals surface area (Å²) >= 11 is 0. The van der Waals surface area contributed by atoms with Crippen molar-refractivity contribution in [2.24, 2.45) is 0 Å². The zero-order valence-corrected chi connectivity index (χ0v) is 12.1. The number of hydrogen-bond donors (Lipinski definition) is 1. The summed E-state index contributed by atoms with van der Waals surface area (Å²) in [6.07, 6.45) is 4.90. The van der Waals surface area contributed by atoms with E-state index in [2.05, 4.69) is 53.4 Å². The Labute approximate surface area is 120 Å². The van der Waals surface area contributed by atoms with E-state index in [-0.39, 0.29) is 0 Å². The molecule has 0 bridgehead atoms. The molecular weight excluding hydrogens is 246 g/mol. The molecule has 3 heteroatoms. The van der Waals surface area contributed by atoms with Crippen LogP contribution in [0.1, 0.15) is 29.7 Å². The van der Waals surface area contributed by atoms with Gasteiger partial charge in [-0.3, -0.25) is 4.98 Å². The normalized spacial score (nSPS) is 15.2. The van der Waals surface area contributed by atoms with Crippen molar-refractivity contribution in [3.05, 3.63) is 59.4 Å². The van der Waals surface area contributed by atoms with Crippen LogP contribution in [0, 0.1) is 0 Å². The molecule has 1 aromatic carbocycles. The third kappa shape index (κ3) is 2.68. The van der Waals surface area contributed by atoms with Crippen LogP contribution in [0.2, 0.25) is 0 Å². The van der Waals surface area contributed by atoms with Crippen molar-refractivity contribution in [1.29, 1.82) is 0 Å². The minimum Gasteiger partial charge on any atom is -0.374 e. The van der Waals surface area contributed by atoms with E-state index in [4.69, 9.17) is 0 Å². The van der Waals surface area contributed by atoms with E-state index in [1.165, 1.54) is 22.4 Å². The first-order chi connectivity index (χ1) is 9.74. The minimum atomic E-state index is 0.319. The van der Waals surface area contributed by atoms with E-state index in [9.17, 15) is 0 Å². The van der Waals surface area contributed by atoms with Crippen LogP contribution < -0.4 is 10.2 Å². The van der Waals surface area contributed by atoms with Crippen molar-refractivity contribution in [3.8, 4) is 0 Å². The summed E-state index contributed by atoms with van der Waals surface area (Å²) in [5, 5.41) is 3.56. The average Bonchev–Trinajstić information content (AvgIpc) is 2.87. The number of nitrogens with one attached hydrogen (secondary N) is 1. The fourth-order valence-electron chi connectivity index (χ4n) is 2.75. The monoisotopic (exact) mass is 267 g/mol. The maximum atomic E-state index is 4.17. The maximum absolute atomic E-state index is 4.17. The predicted octanol–water partition coefficient (Wildman–Crippen LogP) is 2.92. The second kappa shape index (κ2) is 5.63. The Morgan fingerprint density at radius 1 is 1.35 bits per heavy atom. The van der Waals surface area contributed by atoms with Crippen LogP contribution in [-0.4, -0.2) is 18.6 Å². The number of anilines is 1. The number of benzene rings is 1. The lowest BCUT2D eigenvalue weighted by atomic mass is 10.1. The second-order valence-electron chi connectivity index (χ2n) is 5.52. The lowest BCUT2D eigenvalue weighted by Crippen LogP contribution is -2.18. The topological polar surface area (TPSA) is 28.2 Å². The molecule has 1 aliphatic heterocycles. The zero-order valence-electron chi connectivity index (χ0n) is 12.1. The van der Waals surface area contributed by atoms with Gasteiger partial charge in [-0.2, -0.15) is 0 Å². The van der Waals surface area contributed by atoms with Crippen LogP contribution in [0.25, 0.3) is 0 Å². The number of rotatable bonds is 4. The van der Waals surface area contributed by atoms with Gasteiger partial charge in [-0.1, -0.05) is 18.2 Å².